The van der Waals surface area contributed by atoms with Crippen LogP contribution in [0, 0.1) is 6.92 Å². The Labute approximate surface area is 149 Å². The van der Waals surface area contributed by atoms with E-state index in [1.807, 2.05) is 37.3 Å². The van der Waals surface area contributed by atoms with Gasteiger partial charge in [0, 0.05) is 32.7 Å². The highest BCUT2D eigenvalue weighted by Crippen LogP contribution is 2.20. The van der Waals surface area contributed by atoms with Crippen molar-refractivity contribution in [1.29, 1.82) is 0 Å². The maximum Gasteiger partial charge on any atom is 0.243 e. The van der Waals surface area contributed by atoms with Gasteiger partial charge in [-0.1, -0.05) is 29.8 Å². The SMILES string of the molecule is COc1cccc(CN2CCN(S(=O)(=O)c3ccc(C)cc3)CC2)c1. The summed E-state index contributed by atoms with van der Waals surface area (Å²) in [5.41, 5.74) is 2.23. The molecule has 134 valence electrons. The number of nitrogens with zero attached hydrogens (tertiary/aromatic N) is 2. The molecule has 0 saturated carbocycles. The highest BCUT2D eigenvalue weighted by molar-refractivity contribution is 7.89. The van der Waals surface area contributed by atoms with Crippen molar-refractivity contribution in [3.63, 3.8) is 0 Å². The van der Waals surface area contributed by atoms with Crippen molar-refractivity contribution >= 4 is 10.0 Å². The van der Waals surface area contributed by atoms with Crippen LogP contribution in [0.15, 0.2) is 53.4 Å². The van der Waals surface area contributed by atoms with E-state index in [2.05, 4.69) is 11.0 Å². The van der Waals surface area contributed by atoms with E-state index >= 15 is 0 Å². The van der Waals surface area contributed by atoms with E-state index in [0.29, 0.717) is 18.0 Å². The molecule has 1 fully saturated rings. The normalized spacial score (nSPS) is 16.7. The van der Waals surface area contributed by atoms with Crippen molar-refractivity contribution in [1.82, 2.24) is 9.21 Å². The quantitative estimate of drug-likeness (QED) is 0.822. The minimum Gasteiger partial charge on any atom is -0.497 e. The molecule has 0 spiro atoms. The van der Waals surface area contributed by atoms with Crippen molar-refractivity contribution in [3.05, 3.63) is 59.7 Å². The van der Waals surface area contributed by atoms with Gasteiger partial charge in [-0.15, -0.1) is 0 Å². The minimum absolute atomic E-state index is 0.374. The molecule has 0 bridgehead atoms. The Morgan fingerprint density at radius 1 is 1.00 bits per heavy atom. The van der Waals surface area contributed by atoms with Crippen LogP contribution in [0.25, 0.3) is 0 Å². The summed E-state index contributed by atoms with van der Waals surface area (Å²) >= 11 is 0. The second kappa shape index (κ2) is 7.56. The van der Waals surface area contributed by atoms with Crippen LogP contribution in [-0.2, 0) is 16.6 Å². The van der Waals surface area contributed by atoms with Gasteiger partial charge in [-0.3, -0.25) is 4.90 Å². The van der Waals surface area contributed by atoms with E-state index in [0.717, 1.165) is 30.9 Å². The molecule has 0 atom stereocenters. The molecule has 0 aromatic heterocycles. The Kier molecular flexibility index (Phi) is 5.42. The summed E-state index contributed by atoms with van der Waals surface area (Å²) in [6, 6.07) is 15.0. The molecule has 0 unspecified atom stereocenters. The third kappa shape index (κ3) is 4.21. The lowest BCUT2D eigenvalue weighted by molar-refractivity contribution is 0.181. The summed E-state index contributed by atoms with van der Waals surface area (Å²) in [6.07, 6.45) is 0. The predicted octanol–water partition coefficient (Wildman–Crippen LogP) is 2.51. The summed E-state index contributed by atoms with van der Waals surface area (Å²) < 4.78 is 32.3. The molecule has 0 N–H and O–H groups in total. The van der Waals surface area contributed by atoms with Gasteiger partial charge < -0.3 is 4.74 Å². The number of hydrogen-bond acceptors (Lipinski definition) is 4. The first-order valence-corrected chi connectivity index (χ1v) is 9.85. The molecule has 2 aromatic rings. The summed E-state index contributed by atoms with van der Waals surface area (Å²) in [7, 11) is -1.74. The Hall–Kier alpha value is -1.89. The van der Waals surface area contributed by atoms with Crippen LogP contribution in [0.5, 0.6) is 5.75 Å². The number of aryl methyl sites for hydroxylation is 1. The minimum atomic E-state index is -3.40. The first kappa shape index (κ1) is 17.9. The van der Waals surface area contributed by atoms with Crippen LogP contribution < -0.4 is 4.74 Å². The fraction of sp³-hybridized carbons (Fsp3) is 0.368. The van der Waals surface area contributed by atoms with E-state index in [1.54, 1.807) is 23.5 Å². The van der Waals surface area contributed by atoms with Crippen molar-refractivity contribution in [2.24, 2.45) is 0 Å². The number of hydrogen-bond donors (Lipinski definition) is 0. The van der Waals surface area contributed by atoms with Crippen LogP contribution >= 0.6 is 0 Å². The number of benzene rings is 2. The van der Waals surface area contributed by atoms with Crippen molar-refractivity contribution in [2.45, 2.75) is 18.4 Å². The molecule has 0 amide bonds. The Morgan fingerprint density at radius 3 is 2.32 bits per heavy atom. The molecule has 0 radical (unpaired) electrons. The maximum absolute atomic E-state index is 12.7. The average molecular weight is 360 g/mol. The molecule has 3 rings (SSSR count). The summed E-state index contributed by atoms with van der Waals surface area (Å²) in [4.78, 5) is 2.65. The zero-order chi connectivity index (χ0) is 17.9. The van der Waals surface area contributed by atoms with Gasteiger partial charge in [0.2, 0.25) is 10.0 Å². The second-order valence-corrected chi connectivity index (χ2v) is 8.28. The lowest BCUT2D eigenvalue weighted by Gasteiger charge is -2.34. The molecule has 5 nitrogen and oxygen atoms in total. The van der Waals surface area contributed by atoms with Crippen LogP contribution in [-0.4, -0.2) is 50.9 Å². The first-order chi connectivity index (χ1) is 12.0. The predicted molar refractivity (Wildman–Crippen MR) is 98.2 cm³/mol. The lowest BCUT2D eigenvalue weighted by Crippen LogP contribution is -2.48. The van der Waals surface area contributed by atoms with Crippen molar-refractivity contribution in [2.75, 3.05) is 33.3 Å². The molecule has 0 aliphatic carbocycles. The molecular weight excluding hydrogens is 336 g/mol. The van der Waals surface area contributed by atoms with E-state index in [-0.39, 0.29) is 0 Å². The van der Waals surface area contributed by atoms with Crippen LogP contribution in [0.1, 0.15) is 11.1 Å². The fourth-order valence-corrected chi connectivity index (χ4v) is 4.44. The Morgan fingerprint density at radius 2 is 1.68 bits per heavy atom. The van der Waals surface area contributed by atoms with Gasteiger partial charge in [-0.2, -0.15) is 4.31 Å². The van der Waals surface area contributed by atoms with E-state index < -0.39 is 10.0 Å². The number of piperazine rings is 1. The van der Waals surface area contributed by atoms with Crippen LogP contribution in [0.3, 0.4) is 0 Å². The molecule has 1 aliphatic rings. The monoisotopic (exact) mass is 360 g/mol. The van der Waals surface area contributed by atoms with E-state index in [1.165, 1.54) is 5.56 Å². The molecule has 1 saturated heterocycles. The molecule has 2 aromatic carbocycles. The third-order valence-corrected chi connectivity index (χ3v) is 6.44. The smallest absolute Gasteiger partial charge is 0.243 e. The Balaban J connectivity index is 1.62. The number of sulfonamides is 1. The Bertz CT molecular complexity index is 811. The van der Waals surface area contributed by atoms with Gasteiger partial charge in [0.25, 0.3) is 0 Å². The van der Waals surface area contributed by atoms with E-state index in [4.69, 9.17) is 4.74 Å². The van der Waals surface area contributed by atoms with Gasteiger partial charge in [-0.25, -0.2) is 8.42 Å². The summed E-state index contributed by atoms with van der Waals surface area (Å²) in [5.74, 6) is 0.845. The largest absolute Gasteiger partial charge is 0.497 e. The highest BCUT2D eigenvalue weighted by Gasteiger charge is 2.28. The molecule has 25 heavy (non-hydrogen) atoms. The van der Waals surface area contributed by atoms with Crippen LogP contribution in [0.4, 0.5) is 0 Å². The summed E-state index contributed by atoms with van der Waals surface area (Å²) in [6.45, 7) is 5.23. The molecule has 6 heteroatoms. The van der Waals surface area contributed by atoms with Crippen molar-refractivity contribution in [3.8, 4) is 5.75 Å². The number of ether oxygens (including phenoxy) is 1. The number of methoxy groups -OCH3 is 1. The molecule has 1 heterocycles. The van der Waals surface area contributed by atoms with E-state index in [9.17, 15) is 8.42 Å². The fourth-order valence-electron chi connectivity index (χ4n) is 3.02. The highest BCUT2D eigenvalue weighted by atomic mass is 32.2. The van der Waals surface area contributed by atoms with Gasteiger partial charge in [-0.05, 0) is 36.8 Å². The summed E-state index contributed by atoms with van der Waals surface area (Å²) in [5, 5.41) is 0. The van der Waals surface area contributed by atoms with Gasteiger partial charge in [0.1, 0.15) is 5.75 Å². The number of rotatable bonds is 5. The van der Waals surface area contributed by atoms with Crippen molar-refractivity contribution < 1.29 is 13.2 Å². The maximum atomic E-state index is 12.7. The average Bonchev–Trinajstić information content (AvgIpc) is 2.63. The standard InChI is InChI=1S/C19H24N2O3S/c1-16-6-8-19(9-7-16)25(22,23)21-12-10-20(11-13-21)15-17-4-3-5-18(14-17)24-2/h3-9,14H,10-13,15H2,1-2H3. The first-order valence-electron chi connectivity index (χ1n) is 8.41. The lowest BCUT2D eigenvalue weighted by atomic mass is 10.2. The zero-order valence-electron chi connectivity index (χ0n) is 14.7. The van der Waals surface area contributed by atoms with Gasteiger partial charge >= 0.3 is 0 Å². The zero-order valence-corrected chi connectivity index (χ0v) is 15.5. The topological polar surface area (TPSA) is 49.9 Å². The molecular formula is C19H24N2O3S. The van der Waals surface area contributed by atoms with Gasteiger partial charge in [0.15, 0.2) is 0 Å². The second-order valence-electron chi connectivity index (χ2n) is 6.34. The van der Waals surface area contributed by atoms with Gasteiger partial charge in [0.05, 0.1) is 12.0 Å². The van der Waals surface area contributed by atoms with Crippen LogP contribution in [0.2, 0.25) is 0 Å². The molecule has 1 aliphatic heterocycles. The third-order valence-electron chi connectivity index (χ3n) is 4.53.